The summed E-state index contributed by atoms with van der Waals surface area (Å²) >= 11 is 2.26. The Morgan fingerprint density at radius 1 is 1.05 bits per heavy atom. The van der Waals surface area contributed by atoms with Crippen LogP contribution in [0.25, 0.3) is 16.9 Å². The van der Waals surface area contributed by atoms with Gasteiger partial charge >= 0.3 is 0 Å². The van der Waals surface area contributed by atoms with E-state index in [2.05, 4.69) is 27.7 Å². The van der Waals surface area contributed by atoms with Crippen molar-refractivity contribution in [1.82, 2.24) is 9.78 Å². The summed E-state index contributed by atoms with van der Waals surface area (Å²) in [7, 11) is 0. The molecule has 0 amide bonds. The summed E-state index contributed by atoms with van der Waals surface area (Å²) in [6.07, 6.45) is 2.62. The number of rotatable bonds is 3. The van der Waals surface area contributed by atoms with Crippen molar-refractivity contribution < 1.29 is 4.79 Å². The van der Waals surface area contributed by atoms with E-state index < -0.39 is 0 Å². The zero-order valence-electron chi connectivity index (χ0n) is 11.5. The normalized spacial score (nSPS) is 10.6. The molecule has 0 radical (unpaired) electrons. The predicted molar refractivity (Wildman–Crippen MR) is 91.8 cm³/mol. The molecular weight excluding hydrogens is 375 g/mol. The van der Waals surface area contributed by atoms with E-state index in [9.17, 15) is 4.79 Å². The van der Waals surface area contributed by atoms with Crippen LogP contribution in [-0.2, 0) is 0 Å². The molecule has 0 saturated carbocycles. The molecule has 0 aliphatic rings. The molecule has 0 unspecified atom stereocenters. The van der Waals surface area contributed by atoms with Gasteiger partial charge in [-0.1, -0.05) is 29.8 Å². The van der Waals surface area contributed by atoms with Crippen LogP contribution in [0, 0.1) is 10.5 Å². The lowest BCUT2D eigenvalue weighted by atomic mass is 10.1. The number of aldehydes is 1. The molecule has 0 spiro atoms. The second kappa shape index (κ2) is 5.81. The summed E-state index contributed by atoms with van der Waals surface area (Å²) in [5.74, 6) is 0. The fraction of sp³-hybridized carbons (Fsp3) is 0.0588. The van der Waals surface area contributed by atoms with Crippen molar-refractivity contribution in [2.24, 2.45) is 0 Å². The van der Waals surface area contributed by atoms with E-state index in [-0.39, 0.29) is 0 Å². The molecule has 2 aromatic carbocycles. The Balaban J connectivity index is 2.08. The Hall–Kier alpha value is -1.95. The van der Waals surface area contributed by atoms with Gasteiger partial charge in [-0.15, -0.1) is 0 Å². The van der Waals surface area contributed by atoms with Gasteiger partial charge in [0.2, 0.25) is 0 Å². The summed E-state index contributed by atoms with van der Waals surface area (Å²) in [4.78, 5) is 11.3. The third-order valence-electron chi connectivity index (χ3n) is 3.29. The van der Waals surface area contributed by atoms with Crippen molar-refractivity contribution in [1.29, 1.82) is 0 Å². The van der Waals surface area contributed by atoms with Gasteiger partial charge in [0.25, 0.3) is 0 Å². The van der Waals surface area contributed by atoms with E-state index in [0.717, 1.165) is 21.1 Å². The summed E-state index contributed by atoms with van der Waals surface area (Å²) in [5, 5.41) is 4.56. The monoisotopic (exact) mass is 388 g/mol. The molecule has 3 aromatic rings. The number of hydrogen-bond donors (Lipinski definition) is 0. The fourth-order valence-electron chi connectivity index (χ4n) is 2.14. The second-order valence-corrected chi connectivity index (χ2v) is 6.08. The van der Waals surface area contributed by atoms with E-state index >= 15 is 0 Å². The number of nitrogens with zero attached hydrogens (tertiary/aromatic N) is 2. The molecule has 0 fully saturated rings. The van der Waals surface area contributed by atoms with Crippen LogP contribution < -0.4 is 0 Å². The Bertz CT molecular complexity index is 774. The molecule has 3 nitrogen and oxygen atoms in total. The van der Waals surface area contributed by atoms with Crippen LogP contribution in [0.5, 0.6) is 0 Å². The molecule has 0 aliphatic heterocycles. The van der Waals surface area contributed by atoms with Crippen molar-refractivity contribution >= 4 is 28.9 Å². The Kier molecular flexibility index (Phi) is 3.88. The Morgan fingerprint density at radius 3 is 2.33 bits per heavy atom. The lowest BCUT2D eigenvalue weighted by Gasteiger charge is -2.01. The van der Waals surface area contributed by atoms with Crippen molar-refractivity contribution in [3.63, 3.8) is 0 Å². The number of benzene rings is 2. The number of carbonyl (C=O) groups excluding carboxylic acids is 1. The Labute approximate surface area is 136 Å². The maximum absolute atomic E-state index is 11.3. The van der Waals surface area contributed by atoms with Crippen molar-refractivity contribution in [2.45, 2.75) is 6.92 Å². The molecule has 3 rings (SSSR count). The molecule has 0 atom stereocenters. The minimum absolute atomic E-state index is 0.594. The van der Waals surface area contributed by atoms with Crippen molar-refractivity contribution in [3.05, 3.63) is 69.4 Å². The number of aryl methyl sites for hydroxylation is 1. The second-order valence-electron chi connectivity index (χ2n) is 4.84. The van der Waals surface area contributed by atoms with Gasteiger partial charge in [-0.2, -0.15) is 5.10 Å². The highest BCUT2D eigenvalue weighted by molar-refractivity contribution is 14.1. The average molecular weight is 388 g/mol. The third kappa shape index (κ3) is 2.90. The molecule has 4 heteroatoms. The maximum atomic E-state index is 11.3. The summed E-state index contributed by atoms with van der Waals surface area (Å²) < 4.78 is 2.90. The number of aromatic nitrogens is 2. The molecule has 0 bridgehead atoms. The molecule has 1 aromatic heterocycles. The van der Waals surface area contributed by atoms with Crippen LogP contribution in [0.3, 0.4) is 0 Å². The minimum Gasteiger partial charge on any atom is -0.298 e. The highest BCUT2D eigenvalue weighted by Crippen LogP contribution is 2.23. The predicted octanol–water partition coefficient (Wildman–Crippen LogP) is 4.26. The fourth-order valence-corrected chi connectivity index (χ4v) is 2.49. The number of carbonyl (C=O) groups is 1. The van der Waals surface area contributed by atoms with Crippen LogP contribution in [0.2, 0.25) is 0 Å². The van der Waals surface area contributed by atoms with Gasteiger partial charge in [-0.25, -0.2) is 4.68 Å². The van der Waals surface area contributed by atoms with E-state index in [1.165, 1.54) is 5.56 Å². The highest BCUT2D eigenvalue weighted by Gasteiger charge is 2.11. The third-order valence-corrected chi connectivity index (χ3v) is 4.00. The van der Waals surface area contributed by atoms with Gasteiger partial charge in [0.05, 0.1) is 11.3 Å². The summed E-state index contributed by atoms with van der Waals surface area (Å²) in [6.45, 7) is 2.04. The van der Waals surface area contributed by atoms with Gasteiger partial charge in [0.1, 0.15) is 5.69 Å². The van der Waals surface area contributed by atoms with E-state index in [4.69, 9.17) is 0 Å². The van der Waals surface area contributed by atoms with Crippen molar-refractivity contribution in [2.75, 3.05) is 0 Å². The number of halogens is 1. The van der Waals surface area contributed by atoms with Crippen LogP contribution in [-0.4, -0.2) is 16.1 Å². The smallest absolute Gasteiger partial charge is 0.153 e. The largest absolute Gasteiger partial charge is 0.298 e. The van der Waals surface area contributed by atoms with Crippen LogP contribution in [0.1, 0.15) is 15.9 Å². The lowest BCUT2D eigenvalue weighted by Crippen LogP contribution is -1.94. The topological polar surface area (TPSA) is 34.9 Å². The first-order valence-corrected chi connectivity index (χ1v) is 7.63. The van der Waals surface area contributed by atoms with Gasteiger partial charge in [0.15, 0.2) is 6.29 Å². The first-order chi connectivity index (χ1) is 10.2. The molecule has 0 aliphatic carbocycles. The molecule has 21 heavy (non-hydrogen) atoms. The van der Waals surface area contributed by atoms with E-state index in [0.29, 0.717) is 11.3 Å². The molecule has 0 saturated heterocycles. The SMILES string of the molecule is Cc1ccc(-n2cc(C=O)c(-c3ccc(I)cc3)n2)cc1. The quantitative estimate of drug-likeness (QED) is 0.496. The molecule has 1 heterocycles. The standard InChI is InChI=1S/C17H13IN2O/c1-12-2-8-16(9-3-12)20-10-14(11-21)17(19-20)13-4-6-15(18)7-5-13/h2-11H,1H3. The van der Waals surface area contributed by atoms with Crippen LogP contribution >= 0.6 is 22.6 Å². The van der Waals surface area contributed by atoms with E-state index in [1.807, 2.05) is 55.5 Å². The van der Waals surface area contributed by atoms with Gasteiger partial charge in [-0.3, -0.25) is 4.79 Å². The molecule has 104 valence electrons. The van der Waals surface area contributed by atoms with Gasteiger partial charge in [0, 0.05) is 15.3 Å². The molecular formula is C17H13IN2O. The first kappa shape index (κ1) is 14.0. The van der Waals surface area contributed by atoms with Crippen molar-refractivity contribution in [3.8, 4) is 16.9 Å². The van der Waals surface area contributed by atoms with E-state index in [1.54, 1.807) is 10.9 Å². The maximum Gasteiger partial charge on any atom is 0.153 e. The zero-order chi connectivity index (χ0) is 14.8. The van der Waals surface area contributed by atoms with Crippen LogP contribution in [0.15, 0.2) is 54.7 Å². The first-order valence-electron chi connectivity index (χ1n) is 6.55. The average Bonchev–Trinajstić information content (AvgIpc) is 2.93. The Morgan fingerprint density at radius 2 is 1.71 bits per heavy atom. The van der Waals surface area contributed by atoms with Crippen LogP contribution in [0.4, 0.5) is 0 Å². The minimum atomic E-state index is 0.594. The summed E-state index contributed by atoms with van der Waals surface area (Å²) in [6, 6.07) is 16.0. The lowest BCUT2D eigenvalue weighted by molar-refractivity contribution is 0.112. The molecule has 0 N–H and O–H groups in total. The van der Waals surface area contributed by atoms with Gasteiger partial charge < -0.3 is 0 Å². The zero-order valence-corrected chi connectivity index (χ0v) is 13.6. The summed E-state index contributed by atoms with van der Waals surface area (Å²) in [5.41, 5.74) is 4.39. The highest BCUT2D eigenvalue weighted by atomic mass is 127. The number of hydrogen-bond acceptors (Lipinski definition) is 2. The van der Waals surface area contributed by atoms with Gasteiger partial charge in [-0.05, 0) is 53.8 Å².